The summed E-state index contributed by atoms with van der Waals surface area (Å²) in [5.41, 5.74) is 9.15. The minimum atomic E-state index is -3.63. The number of anilines is 1. The number of nitrogens with two attached hydrogens (primary N) is 1. The van der Waals surface area contributed by atoms with E-state index in [2.05, 4.69) is 4.72 Å². The minimum Gasteiger partial charge on any atom is -0.454 e. The summed E-state index contributed by atoms with van der Waals surface area (Å²) in [5.74, 6) is 1.29. The first-order valence-corrected chi connectivity index (χ1v) is 9.84. The van der Waals surface area contributed by atoms with Gasteiger partial charge in [-0.1, -0.05) is 36.4 Å². The maximum Gasteiger partial charge on any atom is 0.240 e. The van der Waals surface area contributed by atoms with E-state index < -0.39 is 10.0 Å². The Morgan fingerprint density at radius 3 is 2.44 bits per heavy atom. The fourth-order valence-electron chi connectivity index (χ4n) is 2.89. The molecule has 0 saturated carbocycles. The molecule has 0 fully saturated rings. The van der Waals surface area contributed by atoms with E-state index in [0.717, 1.165) is 16.7 Å². The fourth-order valence-corrected chi connectivity index (χ4v) is 3.90. The smallest absolute Gasteiger partial charge is 0.240 e. The minimum absolute atomic E-state index is 0.159. The molecule has 4 rings (SSSR count). The standard InChI is InChI=1S/C20H18N2O4S/c21-18-4-2-1-3-17(18)15-6-8-16(9-7-15)27(23,24)22-12-14-5-10-19-20(11-14)26-13-25-19/h1-11,22H,12-13,21H2. The van der Waals surface area contributed by atoms with Crippen LogP contribution in [0, 0.1) is 0 Å². The lowest BCUT2D eigenvalue weighted by atomic mass is 10.0. The SMILES string of the molecule is Nc1ccccc1-c1ccc(S(=O)(=O)NCc2ccc3c(c2)OCO3)cc1. The van der Waals surface area contributed by atoms with Gasteiger partial charge in [0.25, 0.3) is 0 Å². The molecule has 0 atom stereocenters. The number of para-hydroxylation sites is 1. The molecule has 1 aliphatic rings. The molecule has 0 unspecified atom stereocenters. The van der Waals surface area contributed by atoms with E-state index in [9.17, 15) is 8.42 Å². The van der Waals surface area contributed by atoms with Crippen LogP contribution in [-0.2, 0) is 16.6 Å². The van der Waals surface area contributed by atoms with Gasteiger partial charge in [-0.2, -0.15) is 0 Å². The summed E-state index contributed by atoms with van der Waals surface area (Å²) < 4.78 is 38.3. The van der Waals surface area contributed by atoms with Crippen LogP contribution in [0.5, 0.6) is 11.5 Å². The fraction of sp³-hybridized carbons (Fsp3) is 0.100. The molecule has 1 aliphatic heterocycles. The van der Waals surface area contributed by atoms with Gasteiger partial charge < -0.3 is 15.2 Å². The van der Waals surface area contributed by atoms with Gasteiger partial charge in [-0.05, 0) is 41.5 Å². The molecule has 0 spiro atoms. The maximum atomic E-state index is 12.6. The molecule has 6 nitrogen and oxygen atoms in total. The van der Waals surface area contributed by atoms with Gasteiger partial charge in [0.2, 0.25) is 16.8 Å². The van der Waals surface area contributed by atoms with E-state index in [4.69, 9.17) is 15.2 Å². The lowest BCUT2D eigenvalue weighted by molar-refractivity contribution is 0.174. The number of nitrogens with one attached hydrogen (secondary N) is 1. The van der Waals surface area contributed by atoms with Crippen LogP contribution in [0.15, 0.2) is 71.6 Å². The number of nitrogen functional groups attached to an aromatic ring is 1. The van der Waals surface area contributed by atoms with Gasteiger partial charge in [0, 0.05) is 17.8 Å². The van der Waals surface area contributed by atoms with Crippen molar-refractivity contribution in [2.75, 3.05) is 12.5 Å². The van der Waals surface area contributed by atoms with Crippen LogP contribution in [0.2, 0.25) is 0 Å². The van der Waals surface area contributed by atoms with Crippen LogP contribution < -0.4 is 19.9 Å². The van der Waals surface area contributed by atoms with Gasteiger partial charge in [0.05, 0.1) is 4.90 Å². The summed E-state index contributed by atoms with van der Waals surface area (Å²) in [5, 5.41) is 0. The molecular weight excluding hydrogens is 364 g/mol. The second-order valence-electron chi connectivity index (χ2n) is 6.12. The van der Waals surface area contributed by atoms with Gasteiger partial charge in [-0.3, -0.25) is 0 Å². The van der Waals surface area contributed by atoms with E-state index in [-0.39, 0.29) is 18.2 Å². The highest BCUT2D eigenvalue weighted by molar-refractivity contribution is 7.89. The van der Waals surface area contributed by atoms with Gasteiger partial charge in [0.15, 0.2) is 11.5 Å². The molecule has 1 heterocycles. The Hall–Kier alpha value is -3.03. The summed E-state index contributed by atoms with van der Waals surface area (Å²) in [6.07, 6.45) is 0. The van der Waals surface area contributed by atoms with Gasteiger partial charge >= 0.3 is 0 Å². The van der Waals surface area contributed by atoms with Crippen molar-refractivity contribution in [2.24, 2.45) is 0 Å². The number of fused-ring (bicyclic) bond motifs is 1. The van der Waals surface area contributed by atoms with Crippen LogP contribution in [0.4, 0.5) is 5.69 Å². The molecule has 0 radical (unpaired) electrons. The normalized spacial score (nSPS) is 12.9. The van der Waals surface area contributed by atoms with E-state index in [1.54, 1.807) is 42.5 Å². The summed E-state index contributed by atoms with van der Waals surface area (Å²) in [6.45, 7) is 0.342. The molecule has 3 aromatic rings. The second kappa shape index (κ2) is 6.94. The third kappa shape index (κ3) is 3.60. The predicted molar refractivity (Wildman–Crippen MR) is 103 cm³/mol. The number of hydrogen-bond acceptors (Lipinski definition) is 5. The summed E-state index contributed by atoms with van der Waals surface area (Å²) in [7, 11) is -3.63. The van der Waals surface area contributed by atoms with Crippen molar-refractivity contribution < 1.29 is 17.9 Å². The van der Waals surface area contributed by atoms with Crippen LogP contribution in [-0.4, -0.2) is 15.2 Å². The Labute approximate surface area is 157 Å². The molecule has 7 heteroatoms. The monoisotopic (exact) mass is 382 g/mol. The topological polar surface area (TPSA) is 90.7 Å². The molecule has 3 N–H and O–H groups in total. The number of hydrogen-bond donors (Lipinski definition) is 2. The molecule has 0 aliphatic carbocycles. The van der Waals surface area contributed by atoms with Crippen molar-refractivity contribution in [1.29, 1.82) is 0 Å². The molecular formula is C20H18N2O4S. The Morgan fingerprint density at radius 2 is 1.67 bits per heavy atom. The van der Waals surface area contributed by atoms with E-state index >= 15 is 0 Å². The molecule has 0 aromatic heterocycles. The van der Waals surface area contributed by atoms with E-state index in [1.807, 2.05) is 24.3 Å². The van der Waals surface area contributed by atoms with E-state index in [1.165, 1.54) is 0 Å². The van der Waals surface area contributed by atoms with Crippen molar-refractivity contribution in [3.05, 3.63) is 72.3 Å². The number of rotatable bonds is 5. The van der Waals surface area contributed by atoms with Crippen LogP contribution in [0.25, 0.3) is 11.1 Å². The average Bonchev–Trinajstić information content (AvgIpc) is 3.15. The zero-order valence-electron chi connectivity index (χ0n) is 14.4. The van der Waals surface area contributed by atoms with Crippen LogP contribution in [0.3, 0.4) is 0 Å². The molecule has 0 saturated heterocycles. The van der Waals surface area contributed by atoms with Crippen LogP contribution >= 0.6 is 0 Å². The number of ether oxygens (including phenoxy) is 2. The third-order valence-corrected chi connectivity index (χ3v) is 5.76. The highest BCUT2D eigenvalue weighted by atomic mass is 32.2. The Kier molecular flexibility index (Phi) is 4.47. The van der Waals surface area contributed by atoms with Crippen molar-refractivity contribution in [3.63, 3.8) is 0 Å². The summed E-state index contributed by atoms with van der Waals surface area (Å²) in [6, 6.07) is 19.5. The molecule has 138 valence electrons. The zero-order chi connectivity index (χ0) is 18.9. The first-order valence-electron chi connectivity index (χ1n) is 8.36. The first kappa shape index (κ1) is 17.4. The van der Waals surface area contributed by atoms with Gasteiger partial charge in [0.1, 0.15) is 0 Å². The van der Waals surface area contributed by atoms with Crippen molar-refractivity contribution in [2.45, 2.75) is 11.4 Å². The molecule has 3 aromatic carbocycles. The largest absolute Gasteiger partial charge is 0.454 e. The van der Waals surface area contributed by atoms with Gasteiger partial charge in [-0.15, -0.1) is 0 Å². The second-order valence-corrected chi connectivity index (χ2v) is 7.89. The van der Waals surface area contributed by atoms with Crippen molar-refractivity contribution in [3.8, 4) is 22.6 Å². The number of sulfonamides is 1. The third-order valence-electron chi connectivity index (χ3n) is 4.34. The quantitative estimate of drug-likeness (QED) is 0.662. The lowest BCUT2D eigenvalue weighted by Crippen LogP contribution is -2.23. The predicted octanol–water partition coefficient (Wildman–Crippen LogP) is 3.14. The van der Waals surface area contributed by atoms with E-state index in [0.29, 0.717) is 17.2 Å². The van der Waals surface area contributed by atoms with Gasteiger partial charge in [-0.25, -0.2) is 13.1 Å². The maximum absolute atomic E-state index is 12.6. The Balaban J connectivity index is 1.49. The zero-order valence-corrected chi connectivity index (χ0v) is 15.2. The van der Waals surface area contributed by atoms with Crippen LogP contribution in [0.1, 0.15) is 5.56 Å². The molecule has 0 amide bonds. The summed E-state index contributed by atoms with van der Waals surface area (Å²) >= 11 is 0. The van der Waals surface area contributed by atoms with Crippen molar-refractivity contribution in [1.82, 2.24) is 4.72 Å². The average molecular weight is 382 g/mol. The molecule has 27 heavy (non-hydrogen) atoms. The first-order chi connectivity index (χ1) is 13.0. The number of benzene rings is 3. The Morgan fingerprint density at radius 1 is 0.926 bits per heavy atom. The summed E-state index contributed by atoms with van der Waals surface area (Å²) in [4.78, 5) is 0.196. The lowest BCUT2D eigenvalue weighted by Gasteiger charge is -2.09. The molecule has 0 bridgehead atoms. The highest BCUT2D eigenvalue weighted by Crippen LogP contribution is 2.32. The highest BCUT2D eigenvalue weighted by Gasteiger charge is 2.16. The Bertz CT molecular complexity index is 1080. The van der Waals surface area contributed by atoms with Crippen molar-refractivity contribution >= 4 is 15.7 Å².